The number of aromatic hydroxyl groups is 1. The van der Waals surface area contributed by atoms with E-state index in [0.29, 0.717) is 31.2 Å². The molecule has 10 heteroatoms. The fourth-order valence-corrected chi connectivity index (χ4v) is 6.97. The first-order valence-corrected chi connectivity index (χ1v) is 16.7. The van der Waals surface area contributed by atoms with Crippen molar-refractivity contribution >= 4 is 23.6 Å². The summed E-state index contributed by atoms with van der Waals surface area (Å²) < 4.78 is 22.1. The van der Waals surface area contributed by atoms with Crippen LogP contribution in [0.5, 0.6) is 23.0 Å². The molecule has 248 valence electrons. The van der Waals surface area contributed by atoms with Gasteiger partial charge in [-0.2, -0.15) is 0 Å². The number of esters is 1. The molecule has 1 amide bonds. The van der Waals surface area contributed by atoms with Gasteiger partial charge in [0.15, 0.2) is 11.5 Å². The minimum atomic E-state index is -0.529. The van der Waals surface area contributed by atoms with Crippen molar-refractivity contribution in [3.05, 3.63) is 47.0 Å². The minimum absolute atomic E-state index is 0.0299. The molecule has 2 aromatic rings. The Morgan fingerprint density at radius 3 is 2.31 bits per heavy atom. The molecule has 0 saturated carbocycles. The number of likely N-dealkylation sites (N-methyl/N-ethyl adjacent to an activating group) is 1. The lowest BCUT2D eigenvalue weighted by molar-refractivity contribution is -0.148. The third kappa shape index (κ3) is 8.79. The van der Waals surface area contributed by atoms with E-state index in [0.717, 1.165) is 41.2 Å². The Hall–Kier alpha value is -3.11. The van der Waals surface area contributed by atoms with Crippen molar-refractivity contribution < 1.29 is 33.6 Å². The molecule has 2 unspecified atom stereocenters. The summed E-state index contributed by atoms with van der Waals surface area (Å²) in [6.07, 6.45) is 0.543. The van der Waals surface area contributed by atoms with Gasteiger partial charge in [0.1, 0.15) is 23.5 Å². The smallest absolute Gasteiger partial charge is 0.307 e. The monoisotopic (exact) mass is 642 g/mol. The van der Waals surface area contributed by atoms with E-state index in [1.165, 1.54) is 11.8 Å². The molecule has 1 N–H and O–H groups in total. The molecule has 0 spiro atoms. The zero-order chi connectivity index (χ0) is 33.1. The van der Waals surface area contributed by atoms with Gasteiger partial charge in [0.05, 0.1) is 17.8 Å². The lowest BCUT2D eigenvalue weighted by Gasteiger charge is -2.31. The second-order valence-electron chi connectivity index (χ2n) is 14.2. The van der Waals surface area contributed by atoms with Gasteiger partial charge in [-0.15, -0.1) is 11.8 Å². The SMILES string of the molecule is CC(C)OC(=O)CC1SC(c2cc(C(C)(C)C)c(O)c(C(C)(C)C)c2)N(CCCN(C)CCOc2ccc3c(c2)OCO3)C1=O. The van der Waals surface area contributed by atoms with Crippen LogP contribution >= 0.6 is 11.8 Å². The van der Waals surface area contributed by atoms with Gasteiger partial charge >= 0.3 is 5.97 Å². The largest absolute Gasteiger partial charge is 0.507 e. The Balaban J connectivity index is 1.47. The highest BCUT2D eigenvalue weighted by Crippen LogP contribution is 2.48. The Morgan fingerprint density at radius 2 is 1.69 bits per heavy atom. The number of thioether (sulfide) groups is 1. The Bertz CT molecular complexity index is 1330. The van der Waals surface area contributed by atoms with E-state index in [1.807, 2.05) is 56.1 Å². The second-order valence-corrected chi connectivity index (χ2v) is 15.5. The average molecular weight is 643 g/mol. The van der Waals surface area contributed by atoms with E-state index in [1.54, 1.807) is 0 Å². The van der Waals surface area contributed by atoms with E-state index >= 15 is 0 Å². The molecule has 2 heterocycles. The molecule has 1 saturated heterocycles. The fraction of sp³-hybridized carbons (Fsp3) is 0.600. The van der Waals surface area contributed by atoms with Gasteiger partial charge in [0.2, 0.25) is 12.7 Å². The third-order valence-corrected chi connectivity index (χ3v) is 9.39. The Labute approximate surface area is 272 Å². The molecule has 0 bridgehead atoms. The van der Waals surface area contributed by atoms with Crippen LogP contribution in [0.3, 0.4) is 0 Å². The predicted molar refractivity (Wildman–Crippen MR) is 177 cm³/mol. The maximum Gasteiger partial charge on any atom is 0.307 e. The summed E-state index contributed by atoms with van der Waals surface area (Å²) in [5.41, 5.74) is 2.06. The zero-order valence-electron chi connectivity index (χ0n) is 28.3. The number of fused-ring (bicyclic) bond motifs is 1. The second kappa shape index (κ2) is 14.1. The van der Waals surface area contributed by atoms with Gasteiger partial charge in [-0.3, -0.25) is 9.59 Å². The number of benzene rings is 2. The van der Waals surface area contributed by atoms with Gasteiger partial charge in [-0.25, -0.2) is 0 Å². The fourth-order valence-electron chi connectivity index (χ4n) is 5.52. The maximum absolute atomic E-state index is 13.8. The first-order valence-electron chi connectivity index (χ1n) is 15.8. The van der Waals surface area contributed by atoms with Gasteiger partial charge in [0, 0.05) is 19.2 Å². The van der Waals surface area contributed by atoms with E-state index in [4.69, 9.17) is 18.9 Å². The lowest BCUT2D eigenvalue weighted by atomic mass is 9.78. The number of nitrogens with zero attached hydrogens (tertiary/aromatic N) is 2. The van der Waals surface area contributed by atoms with E-state index in [9.17, 15) is 14.7 Å². The summed E-state index contributed by atoms with van der Waals surface area (Å²) >= 11 is 1.50. The van der Waals surface area contributed by atoms with Gasteiger partial charge < -0.3 is 33.9 Å². The van der Waals surface area contributed by atoms with Crippen molar-refractivity contribution in [3.63, 3.8) is 0 Å². The molecule has 2 atom stereocenters. The van der Waals surface area contributed by atoms with Crippen LogP contribution in [0, 0.1) is 0 Å². The average Bonchev–Trinajstić information content (AvgIpc) is 3.51. The quantitative estimate of drug-likeness (QED) is 0.264. The first-order chi connectivity index (χ1) is 21.0. The summed E-state index contributed by atoms with van der Waals surface area (Å²) in [6, 6.07) is 9.64. The Kier molecular flexibility index (Phi) is 10.9. The highest BCUT2D eigenvalue weighted by atomic mass is 32.2. The zero-order valence-corrected chi connectivity index (χ0v) is 29.1. The Morgan fingerprint density at radius 1 is 1.04 bits per heavy atom. The van der Waals surface area contributed by atoms with Crippen molar-refractivity contribution in [2.75, 3.05) is 40.1 Å². The van der Waals surface area contributed by atoms with Crippen molar-refractivity contribution in [1.82, 2.24) is 9.80 Å². The lowest BCUT2D eigenvalue weighted by Crippen LogP contribution is -2.35. The number of amides is 1. The van der Waals surface area contributed by atoms with Crippen molar-refractivity contribution in [3.8, 4) is 23.0 Å². The van der Waals surface area contributed by atoms with E-state index < -0.39 is 5.25 Å². The minimum Gasteiger partial charge on any atom is -0.507 e. The first kappa shape index (κ1) is 34.8. The van der Waals surface area contributed by atoms with Gasteiger partial charge in [-0.1, -0.05) is 41.5 Å². The predicted octanol–water partition coefficient (Wildman–Crippen LogP) is 6.40. The van der Waals surface area contributed by atoms with Gasteiger partial charge in [-0.05, 0) is 85.6 Å². The van der Waals surface area contributed by atoms with Crippen molar-refractivity contribution in [1.29, 1.82) is 0 Å². The van der Waals surface area contributed by atoms with Crippen molar-refractivity contribution in [2.45, 2.75) is 95.8 Å². The molecule has 0 radical (unpaired) electrons. The number of phenolic OH excluding ortho intramolecular Hbond substituents is 1. The number of carbonyl (C=O) groups excluding carboxylic acids is 2. The molecule has 0 aromatic heterocycles. The molecule has 9 nitrogen and oxygen atoms in total. The maximum atomic E-state index is 13.8. The molecule has 45 heavy (non-hydrogen) atoms. The van der Waals surface area contributed by atoms with Crippen LogP contribution in [-0.4, -0.2) is 78.2 Å². The van der Waals surface area contributed by atoms with Crippen LogP contribution in [-0.2, 0) is 25.2 Å². The molecule has 0 aliphatic carbocycles. The van der Waals surface area contributed by atoms with Crippen LogP contribution in [0.2, 0.25) is 0 Å². The molecule has 2 aliphatic heterocycles. The highest BCUT2D eigenvalue weighted by molar-refractivity contribution is 8.01. The van der Waals surface area contributed by atoms with E-state index in [2.05, 4.69) is 46.4 Å². The number of hydrogen-bond donors (Lipinski definition) is 1. The molecule has 2 aromatic carbocycles. The summed E-state index contributed by atoms with van der Waals surface area (Å²) in [5, 5.41) is 10.5. The van der Waals surface area contributed by atoms with Gasteiger partial charge in [0.25, 0.3) is 0 Å². The summed E-state index contributed by atoms with van der Waals surface area (Å²) in [5.74, 6) is 2.04. The number of rotatable bonds is 12. The molecular weight excluding hydrogens is 592 g/mol. The van der Waals surface area contributed by atoms with E-state index in [-0.39, 0.29) is 47.4 Å². The van der Waals surface area contributed by atoms with Crippen molar-refractivity contribution in [2.24, 2.45) is 0 Å². The highest BCUT2D eigenvalue weighted by Gasteiger charge is 2.43. The van der Waals surface area contributed by atoms with Crippen LogP contribution in [0.15, 0.2) is 30.3 Å². The molecule has 2 aliphatic rings. The molecule has 4 rings (SSSR count). The third-order valence-electron chi connectivity index (χ3n) is 7.91. The number of carbonyl (C=O) groups is 2. The van der Waals surface area contributed by atoms with Crippen LogP contribution in [0.4, 0.5) is 0 Å². The molecular formula is C35H50N2O7S. The standard InChI is InChI=1S/C35H50N2O7S/c1-22(2)44-30(38)20-29-32(40)37(14-10-13-36(9)15-16-41-24-11-12-27-28(19-24)43-21-42-27)33(45-29)23-17-25(34(3,4)5)31(39)26(18-23)35(6,7)8/h11-12,17-19,22,29,33,39H,10,13-16,20-21H2,1-9H3. The number of ether oxygens (including phenoxy) is 4. The van der Waals surface area contributed by atoms with Crippen LogP contribution < -0.4 is 14.2 Å². The summed E-state index contributed by atoms with van der Waals surface area (Å²) in [7, 11) is 2.04. The summed E-state index contributed by atoms with van der Waals surface area (Å²) in [4.78, 5) is 30.5. The normalized spacial score (nSPS) is 18.3. The number of phenols is 1. The number of hydrogen-bond acceptors (Lipinski definition) is 9. The summed E-state index contributed by atoms with van der Waals surface area (Å²) in [6.45, 7) is 18.9. The topological polar surface area (TPSA) is 97.8 Å². The molecule has 1 fully saturated rings. The van der Waals surface area contributed by atoms with Crippen LogP contribution in [0.1, 0.15) is 90.3 Å². The van der Waals surface area contributed by atoms with Crippen LogP contribution in [0.25, 0.3) is 0 Å².